The summed E-state index contributed by atoms with van der Waals surface area (Å²) in [4.78, 5) is 11.1. The molecule has 0 amide bonds. The number of nitrogens with one attached hydrogen (secondary N) is 1. The molecule has 2 aromatic rings. The summed E-state index contributed by atoms with van der Waals surface area (Å²) in [7, 11) is 0. The molecule has 5 nitrogen and oxygen atoms in total. The normalized spacial score (nSPS) is 15.7. The van der Waals surface area contributed by atoms with Gasteiger partial charge >= 0.3 is 0 Å². The molecule has 0 saturated carbocycles. The molecule has 1 heterocycles. The molecule has 0 saturated heterocycles. The highest BCUT2D eigenvalue weighted by atomic mass is 32.1. The highest BCUT2D eigenvalue weighted by Crippen LogP contribution is 2.24. The van der Waals surface area contributed by atoms with E-state index >= 15 is 0 Å². The average Bonchev–Trinajstić information content (AvgIpc) is 2.88. The minimum atomic E-state index is 0.396. The quantitative estimate of drug-likeness (QED) is 0.507. The molecule has 1 N–H and O–H groups in total. The first-order valence-electron chi connectivity index (χ1n) is 7.04. The zero-order chi connectivity index (χ0) is 16.2. The van der Waals surface area contributed by atoms with Gasteiger partial charge in [0.25, 0.3) is 0 Å². The van der Waals surface area contributed by atoms with Gasteiger partial charge in [-0.3, -0.25) is 0 Å². The monoisotopic (exact) mass is 322 g/mol. The molecule has 0 fully saturated rings. The molecule has 6 heteroatoms. The van der Waals surface area contributed by atoms with Crippen molar-refractivity contribution < 1.29 is 0 Å². The molecule has 0 aromatic heterocycles. The summed E-state index contributed by atoms with van der Waals surface area (Å²) >= 11 is 5.52. The summed E-state index contributed by atoms with van der Waals surface area (Å²) in [5, 5.41) is 12.3. The van der Waals surface area contributed by atoms with E-state index in [0.29, 0.717) is 10.7 Å². The zero-order valence-corrected chi connectivity index (χ0v) is 13.2. The number of hydrogen-bond donors (Lipinski definition) is 1. The first kappa shape index (κ1) is 15.1. The third-order valence-electron chi connectivity index (χ3n) is 3.42. The number of hydrazone groups is 1. The molecule has 23 heavy (non-hydrogen) atoms. The maximum absolute atomic E-state index is 10.4. The lowest BCUT2D eigenvalue weighted by Gasteiger charge is -2.13. The van der Waals surface area contributed by atoms with E-state index in [-0.39, 0.29) is 0 Å². The predicted molar refractivity (Wildman–Crippen MR) is 98.2 cm³/mol. The van der Waals surface area contributed by atoms with Gasteiger partial charge in [0.05, 0.1) is 17.0 Å². The zero-order valence-electron chi connectivity index (χ0n) is 12.4. The van der Waals surface area contributed by atoms with E-state index in [1.807, 2.05) is 43.5 Å². The summed E-state index contributed by atoms with van der Waals surface area (Å²) in [5.74, 6) is 0. The molecule has 3 rings (SSSR count). The number of benzene rings is 2. The Labute approximate surface area is 139 Å². The Morgan fingerprint density at radius 2 is 1.83 bits per heavy atom. The van der Waals surface area contributed by atoms with Gasteiger partial charge in [-0.25, -0.2) is 5.01 Å². The molecule has 114 valence electrons. The lowest BCUT2D eigenvalue weighted by atomic mass is 10.2. The van der Waals surface area contributed by atoms with Crippen molar-refractivity contribution in [1.82, 2.24) is 0 Å². The van der Waals surface area contributed by atoms with E-state index in [2.05, 4.69) is 15.6 Å². The summed E-state index contributed by atoms with van der Waals surface area (Å²) in [6.45, 7) is 1.92. The van der Waals surface area contributed by atoms with Crippen LogP contribution in [0.2, 0.25) is 0 Å². The highest BCUT2D eigenvalue weighted by molar-refractivity contribution is 7.81. The molecular formula is C17H14N4OS. The van der Waals surface area contributed by atoms with Gasteiger partial charge < -0.3 is 5.32 Å². The Kier molecular flexibility index (Phi) is 4.25. The van der Waals surface area contributed by atoms with E-state index < -0.39 is 0 Å². The number of rotatable bonds is 4. The molecule has 1 aliphatic rings. The largest absolute Gasteiger partial charge is 0.361 e. The fourth-order valence-electron chi connectivity index (χ4n) is 2.20. The second-order valence-electron chi connectivity index (χ2n) is 4.98. The van der Waals surface area contributed by atoms with Crippen LogP contribution in [0.15, 0.2) is 76.6 Å². The molecule has 0 radical (unpaired) electrons. The number of nitroso groups, excluding NO2 is 1. The lowest BCUT2D eigenvalue weighted by Crippen LogP contribution is -2.19. The standard InChI is InChI=1S/C17H14N4OS/c1-12-16(11-18-13-7-9-14(20-22)10-8-13)17(23)21(19-12)15-5-3-2-4-6-15/h2-11,18H,1H3/b16-11+. The lowest BCUT2D eigenvalue weighted by molar-refractivity contribution is 1.17. The Morgan fingerprint density at radius 1 is 1.13 bits per heavy atom. The van der Waals surface area contributed by atoms with Crippen LogP contribution < -0.4 is 10.3 Å². The van der Waals surface area contributed by atoms with Crippen LogP contribution in [0.3, 0.4) is 0 Å². The van der Waals surface area contributed by atoms with Crippen molar-refractivity contribution >= 4 is 40.0 Å². The van der Waals surface area contributed by atoms with Gasteiger partial charge in [0.2, 0.25) is 0 Å². The van der Waals surface area contributed by atoms with Crippen LogP contribution in [-0.4, -0.2) is 10.7 Å². The SMILES string of the molecule is CC1=NN(c2ccccc2)C(=S)/C1=C/Nc1ccc(N=O)cc1. The van der Waals surface area contributed by atoms with Gasteiger partial charge in [-0.15, -0.1) is 4.91 Å². The maximum atomic E-state index is 10.4. The van der Waals surface area contributed by atoms with Gasteiger partial charge in [-0.1, -0.05) is 30.4 Å². The summed E-state index contributed by atoms with van der Waals surface area (Å²) in [6, 6.07) is 16.7. The van der Waals surface area contributed by atoms with Crippen molar-refractivity contribution in [3.8, 4) is 0 Å². The maximum Gasteiger partial charge on any atom is 0.138 e. The number of para-hydroxylation sites is 1. The first-order valence-corrected chi connectivity index (χ1v) is 7.45. The second-order valence-corrected chi connectivity index (χ2v) is 5.37. The van der Waals surface area contributed by atoms with Crippen LogP contribution in [0.25, 0.3) is 0 Å². The van der Waals surface area contributed by atoms with Gasteiger partial charge in [0, 0.05) is 11.9 Å². The highest BCUT2D eigenvalue weighted by Gasteiger charge is 2.24. The van der Waals surface area contributed by atoms with Crippen molar-refractivity contribution in [3.05, 3.63) is 71.3 Å². The first-order chi connectivity index (χ1) is 11.2. The second kappa shape index (κ2) is 6.50. The molecule has 0 unspecified atom stereocenters. The van der Waals surface area contributed by atoms with Crippen molar-refractivity contribution in [3.63, 3.8) is 0 Å². The van der Waals surface area contributed by atoms with E-state index in [1.54, 1.807) is 29.3 Å². The third kappa shape index (κ3) is 3.17. The molecule has 1 aliphatic heterocycles. The molecule has 0 bridgehead atoms. The molecule has 2 aromatic carbocycles. The van der Waals surface area contributed by atoms with E-state index in [9.17, 15) is 4.91 Å². The van der Waals surface area contributed by atoms with E-state index in [4.69, 9.17) is 12.2 Å². The summed E-state index contributed by atoms with van der Waals surface area (Å²) in [5.41, 5.74) is 3.88. The molecular weight excluding hydrogens is 308 g/mol. The minimum absolute atomic E-state index is 0.396. The third-order valence-corrected chi connectivity index (χ3v) is 3.81. The van der Waals surface area contributed by atoms with Crippen LogP contribution >= 0.6 is 12.2 Å². The van der Waals surface area contributed by atoms with Crippen LogP contribution in [0.1, 0.15) is 6.92 Å². The van der Waals surface area contributed by atoms with E-state index in [1.165, 1.54) is 0 Å². The van der Waals surface area contributed by atoms with Crippen molar-refractivity contribution in [2.24, 2.45) is 10.3 Å². The number of hydrogen-bond acceptors (Lipinski definition) is 5. The van der Waals surface area contributed by atoms with Crippen molar-refractivity contribution in [1.29, 1.82) is 0 Å². The van der Waals surface area contributed by atoms with Gasteiger partial charge in [0.15, 0.2) is 0 Å². The average molecular weight is 322 g/mol. The summed E-state index contributed by atoms with van der Waals surface area (Å²) in [6.07, 6.45) is 1.83. The Bertz CT molecular complexity index is 797. The van der Waals surface area contributed by atoms with Crippen LogP contribution in [0.5, 0.6) is 0 Å². The fraction of sp³-hybridized carbons (Fsp3) is 0.0588. The number of nitrogens with zero attached hydrogens (tertiary/aromatic N) is 3. The number of anilines is 2. The van der Waals surface area contributed by atoms with E-state index in [0.717, 1.165) is 22.7 Å². The van der Waals surface area contributed by atoms with Crippen LogP contribution in [-0.2, 0) is 0 Å². The predicted octanol–water partition coefficient (Wildman–Crippen LogP) is 4.60. The summed E-state index contributed by atoms with van der Waals surface area (Å²) < 4.78 is 0. The molecule has 0 atom stereocenters. The Morgan fingerprint density at radius 3 is 2.48 bits per heavy atom. The van der Waals surface area contributed by atoms with Crippen molar-refractivity contribution in [2.75, 3.05) is 10.3 Å². The van der Waals surface area contributed by atoms with Crippen LogP contribution in [0.4, 0.5) is 17.1 Å². The topological polar surface area (TPSA) is 57.1 Å². The van der Waals surface area contributed by atoms with Crippen molar-refractivity contribution in [2.45, 2.75) is 6.92 Å². The van der Waals surface area contributed by atoms with Gasteiger partial charge in [0.1, 0.15) is 10.7 Å². The molecule has 0 spiro atoms. The van der Waals surface area contributed by atoms with Gasteiger partial charge in [-0.05, 0) is 48.5 Å². The number of thiocarbonyl (C=S) groups is 1. The fourth-order valence-corrected chi connectivity index (χ4v) is 2.56. The minimum Gasteiger partial charge on any atom is -0.361 e. The van der Waals surface area contributed by atoms with Crippen LogP contribution in [0, 0.1) is 4.91 Å². The van der Waals surface area contributed by atoms with Gasteiger partial charge in [-0.2, -0.15) is 5.10 Å². The Hall–Kier alpha value is -2.86. The smallest absolute Gasteiger partial charge is 0.138 e. The molecule has 0 aliphatic carbocycles. The Balaban J connectivity index is 1.79.